The molecular weight excluding hydrogens is 266 g/mol. The van der Waals surface area contributed by atoms with Crippen molar-refractivity contribution in [3.05, 3.63) is 23.4 Å². The topological polar surface area (TPSA) is 36.1 Å². The molecular formula is C16H27N3S. The molecule has 0 spiro atoms. The first-order valence-corrected chi connectivity index (χ1v) is 8.08. The molecule has 1 fully saturated rings. The van der Waals surface area contributed by atoms with E-state index in [2.05, 4.69) is 49.1 Å². The number of hydrogen-bond acceptors (Lipinski definition) is 2. The van der Waals surface area contributed by atoms with Gasteiger partial charge in [0.25, 0.3) is 0 Å². The summed E-state index contributed by atoms with van der Waals surface area (Å²) in [5.41, 5.74) is 9.05. The number of allylic oxidation sites excluding steroid dienone is 3. The Labute approximate surface area is 128 Å². The van der Waals surface area contributed by atoms with Crippen molar-refractivity contribution in [2.24, 2.45) is 5.41 Å². The van der Waals surface area contributed by atoms with Crippen LogP contribution < -0.4 is 16.2 Å². The van der Waals surface area contributed by atoms with Crippen molar-refractivity contribution in [2.45, 2.75) is 65.3 Å². The van der Waals surface area contributed by atoms with Crippen LogP contribution in [0.4, 0.5) is 0 Å². The van der Waals surface area contributed by atoms with E-state index in [1.54, 1.807) is 0 Å². The van der Waals surface area contributed by atoms with Gasteiger partial charge in [-0.3, -0.25) is 10.9 Å². The minimum absolute atomic E-state index is 0.210. The Morgan fingerprint density at radius 1 is 1.25 bits per heavy atom. The number of hydrogen-bond donors (Lipinski definition) is 3. The van der Waals surface area contributed by atoms with E-state index in [0.29, 0.717) is 11.2 Å². The lowest BCUT2D eigenvalue weighted by atomic mass is 9.82. The average Bonchev–Trinajstić information content (AvgIpc) is 2.35. The Morgan fingerprint density at radius 3 is 2.60 bits per heavy atom. The molecule has 2 rings (SSSR count). The fourth-order valence-corrected chi connectivity index (χ4v) is 3.44. The molecule has 4 heteroatoms. The summed E-state index contributed by atoms with van der Waals surface area (Å²) in [5, 5.41) is 4.10. The molecule has 2 aliphatic rings. The molecule has 0 aliphatic heterocycles. The van der Waals surface area contributed by atoms with Crippen molar-refractivity contribution < 1.29 is 0 Å². The Kier molecular flexibility index (Phi) is 5.08. The molecule has 3 N–H and O–H groups in total. The van der Waals surface area contributed by atoms with Gasteiger partial charge in [0, 0.05) is 6.04 Å². The summed E-state index contributed by atoms with van der Waals surface area (Å²) in [6.45, 7) is 6.68. The molecule has 0 aromatic carbocycles. The van der Waals surface area contributed by atoms with Crippen LogP contribution in [0.2, 0.25) is 0 Å². The first-order chi connectivity index (χ1) is 9.44. The Morgan fingerprint density at radius 2 is 1.95 bits per heavy atom. The predicted molar refractivity (Wildman–Crippen MR) is 89.1 cm³/mol. The van der Waals surface area contributed by atoms with Crippen molar-refractivity contribution >= 4 is 17.3 Å². The molecule has 0 radical (unpaired) electrons. The fraction of sp³-hybridized carbons (Fsp3) is 0.688. The highest BCUT2D eigenvalue weighted by molar-refractivity contribution is 7.80. The maximum absolute atomic E-state index is 5.36. The second kappa shape index (κ2) is 6.61. The van der Waals surface area contributed by atoms with Crippen molar-refractivity contribution in [1.82, 2.24) is 16.2 Å². The van der Waals surface area contributed by atoms with Crippen LogP contribution in [-0.4, -0.2) is 11.2 Å². The largest absolute Gasteiger partial charge is 0.359 e. The van der Waals surface area contributed by atoms with E-state index in [1.165, 1.54) is 37.7 Å². The summed E-state index contributed by atoms with van der Waals surface area (Å²) in [5.74, 6) is 0. The van der Waals surface area contributed by atoms with E-state index in [9.17, 15) is 0 Å². The second-order valence-corrected chi connectivity index (χ2v) is 7.22. The summed E-state index contributed by atoms with van der Waals surface area (Å²) < 4.78 is 0. The van der Waals surface area contributed by atoms with Gasteiger partial charge in [0.2, 0.25) is 0 Å². The number of nitrogens with one attached hydrogen (secondary N) is 3. The van der Waals surface area contributed by atoms with Crippen molar-refractivity contribution in [3.63, 3.8) is 0 Å². The second-order valence-electron chi connectivity index (χ2n) is 6.81. The van der Waals surface area contributed by atoms with Gasteiger partial charge in [-0.1, -0.05) is 44.8 Å². The monoisotopic (exact) mass is 293 g/mol. The number of rotatable bonds is 3. The predicted octanol–water partition coefficient (Wildman–Crippen LogP) is 3.55. The van der Waals surface area contributed by atoms with Crippen molar-refractivity contribution in [1.29, 1.82) is 0 Å². The van der Waals surface area contributed by atoms with E-state index in [1.807, 2.05) is 0 Å². The first-order valence-electron chi connectivity index (χ1n) is 7.67. The highest BCUT2D eigenvalue weighted by Gasteiger charge is 2.20. The first kappa shape index (κ1) is 15.4. The van der Waals surface area contributed by atoms with Gasteiger partial charge in [0.1, 0.15) is 0 Å². The number of thiocarbonyl (C=S) groups is 1. The molecule has 0 saturated heterocycles. The summed E-state index contributed by atoms with van der Waals surface area (Å²) in [4.78, 5) is 0. The zero-order valence-electron chi connectivity index (χ0n) is 12.9. The Hall–Kier alpha value is -1.03. The summed E-state index contributed by atoms with van der Waals surface area (Å²) in [6.07, 6.45) is 12.0. The molecule has 0 aromatic heterocycles. The van der Waals surface area contributed by atoms with E-state index in [4.69, 9.17) is 12.2 Å². The van der Waals surface area contributed by atoms with Gasteiger partial charge >= 0.3 is 0 Å². The molecule has 0 heterocycles. The van der Waals surface area contributed by atoms with Gasteiger partial charge < -0.3 is 5.32 Å². The van der Waals surface area contributed by atoms with Crippen molar-refractivity contribution in [2.75, 3.05) is 0 Å². The van der Waals surface area contributed by atoms with Crippen LogP contribution in [0.5, 0.6) is 0 Å². The fourth-order valence-electron chi connectivity index (χ4n) is 3.22. The molecule has 0 atom stereocenters. The zero-order chi connectivity index (χ0) is 14.6. The molecule has 0 aromatic rings. The molecule has 1 saturated carbocycles. The summed E-state index contributed by atoms with van der Waals surface area (Å²) in [6, 6.07) is 0.541. The lowest BCUT2D eigenvalue weighted by molar-refractivity contribution is 0.410. The normalized spacial score (nSPS) is 22.6. The lowest BCUT2D eigenvalue weighted by Gasteiger charge is -2.28. The molecule has 20 heavy (non-hydrogen) atoms. The minimum atomic E-state index is 0.210. The van der Waals surface area contributed by atoms with Crippen LogP contribution in [0.25, 0.3) is 0 Å². The van der Waals surface area contributed by atoms with Crippen LogP contribution in [0, 0.1) is 5.41 Å². The van der Waals surface area contributed by atoms with E-state index >= 15 is 0 Å². The van der Waals surface area contributed by atoms with E-state index < -0.39 is 0 Å². The highest BCUT2D eigenvalue weighted by Crippen LogP contribution is 2.31. The van der Waals surface area contributed by atoms with Crippen LogP contribution in [0.15, 0.2) is 23.4 Å². The van der Waals surface area contributed by atoms with Gasteiger partial charge in [-0.25, -0.2) is 0 Å². The SMILES string of the molecule is CC1=CC(NNC(=S)NC2CCCCC2)=CC(C)(C)C1. The smallest absolute Gasteiger partial charge is 0.185 e. The van der Waals surface area contributed by atoms with E-state index in [-0.39, 0.29) is 5.41 Å². The third-order valence-electron chi connectivity index (χ3n) is 3.94. The third-order valence-corrected chi connectivity index (χ3v) is 4.16. The van der Waals surface area contributed by atoms with Gasteiger partial charge in [-0.15, -0.1) is 0 Å². The standard InChI is InChI=1S/C16H27N3S/c1-12-9-14(11-16(2,3)10-12)18-19-15(20)17-13-7-5-4-6-8-13/h9,11,13,18H,4-8,10H2,1-3H3,(H2,17,19,20). The van der Waals surface area contributed by atoms with Gasteiger partial charge in [-0.05, 0) is 49.9 Å². The third kappa shape index (κ3) is 4.82. The van der Waals surface area contributed by atoms with Gasteiger partial charge in [0.15, 0.2) is 5.11 Å². The summed E-state index contributed by atoms with van der Waals surface area (Å²) in [7, 11) is 0. The molecule has 3 nitrogen and oxygen atoms in total. The highest BCUT2D eigenvalue weighted by atomic mass is 32.1. The molecule has 112 valence electrons. The van der Waals surface area contributed by atoms with Gasteiger partial charge in [0.05, 0.1) is 5.70 Å². The van der Waals surface area contributed by atoms with Crippen LogP contribution in [0.1, 0.15) is 59.3 Å². The average molecular weight is 293 g/mol. The Balaban J connectivity index is 1.79. The Bertz CT molecular complexity index is 417. The zero-order valence-corrected chi connectivity index (χ0v) is 13.7. The lowest BCUT2D eigenvalue weighted by Crippen LogP contribution is -2.48. The summed E-state index contributed by atoms with van der Waals surface area (Å²) >= 11 is 5.36. The van der Waals surface area contributed by atoms with E-state index in [0.717, 1.165) is 12.1 Å². The van der Waals surface area contributed by atoms with Crippen LogP contribution >= 0.6 is 12.2 Å². The minimum Gasteiger partial charge on any atom is -0.359 e. The molecule has 2 aliphatic carbocycles. The van der Waals surface area contributed by atoms with Crippen LogP contribution in [0.3, 0.4) is 0 Å². The maximum Gasteiger partial charge on any atom is 0.185 e. The maximum atomic E-state index is 5.36. The molecule has 0 bridgehead atoms. The molecule has 0 amide bonds. The van der Waals surface area contributed by atoms with Crippen molar-refractivity contribution in [3.8, 4) is 0 Å². The van der Waals surface area contributed by atoms with Crippen LogP contribution in [-0.2, 0) is 0 Å². The number of hydrazine groups is 1. The quantitative estimate of drug-likeness (QED) is 0.549. The van der Waals surface area contributed by atoms with Gasteiger partial charge in [-0.2, -0.15) is 0 Å². The molecule has 0 unspecified atom stereocenters.